The number of ether oxygens (including phenoxy) is 1. The van der Waals surface area contributed by atoms with E-state index in [2.05, 4.69) is 40.2 Å². The van der Waals surface area contributed by atoms with Crippen molar-refractivity contribution in [1.82, 2.24) is 0 Å². The third-order valence-corrected chi connectivity index (χ3v) is 4.65. The van der Waals surface area contributed by atoms with Crippen molar-refractivity contribution >= 4 is 21.9 Å². The zero-order chi connectivity index (χ0) is 14.7. The smallest absolute Gasteiger partial charge is 0.317 e. The van der Waals surface area contributed by atoms with Crippen LogP contribution < -0.4 is 0 Å². The van der Waals surface area contributed by atoms with Gasteiger partial charge in [-0.1, -0.05) is 64.5 Å². The molecule has 1 aliphatic rings. The number of carbonyl (C=O) groups is 1. The predicted molar refractivity (Wildman–Crippen MR) is 86.1 cm³/mol. The summed E-state index contributed by atoms with van der Waals surface area (Å²) in [5.41, 5.74) is 2.37. The summed E-state index contributed by atoms with van der Waals surface area (Å²) < 4.78 is 6.33. The van der Waals surface area contributed by atoms with E-state index >= 15 is 0 Å². The predicted octanol–water partition coefficient (Wildman–Crippen LogP) is 4.48. The molecule has 0 N–H and O–H groups in total. The van der Waals surface area contributed by atoms with Gasteiger partial charge < -0.3 is 4.74 Å². The molecule has 3 heteroatoms. The molecule has 0 bridgehead atoms. The van der Waals surface area contributed by atoms with Crippen LogP contribution in [0.25, 0.3) is 0 Å². The second kappa shape index (κ2) is 6.44. The summed E-state index contributed by atoms with van der Waals surface area (Å²) >= 11 is 3.52. The lowest BCUT2D eigenvalue weighted by Gasteiger charge is -2.36. The number of carbonyl (C=O) groups excluding carboxylic acids is 1. The van der Waals surface area contributed by atoms with Gasteiger partial charge in [0.15, 0.2) is 0 Å². The average Bonchev–Trinajstić information content (AvgIpc) is 2.50. The highest BCUT2D eigenvalue weighted by molar-refractivity contribution is 9.10. The highest BCUT2D eigenvalue weighted by Crippen LogP contribution is 2.38. The molecule has 2 atom stereocenters. The number of hydrogen-bond acceptors (Lipinski definition) is 2. The summed E-state index contributed by atoms with van der Waals surface area (Å²) in [5, 5.41) is 0. The summed E-state index contributed by atoms with van der Waals surface area (Å²) in [6, 6.07) is 18.3. The Labute approximate surface area is 133 Å². The largest absolute Gasteiger partial charge is 0.461 e. The standard InChI is InChI=1S/C18H17BrO2/c19-15-11-5-4-10-14(15)17-16(21-18(17)20)12-6-9-13-7-2-1-3-8-13/h1-5,7-8,10-11,16-17H,6,9,12H2. The molecule has 0 saturated carbocycles. The van der Waals surface area contributed by atoms with Gasteiger partial charge in [0.05, 0.1) is 0 Å². The van der Waals surface area contributed by atoms with Crippen LogP contribution in [0.2, 0.25) is 0 Å². The molecule has 3 rings (SSSR count). The van der Waals surface area contributed by atoms with Crippen molar-refractivity contribution in [1.29, 1.82) is 0 Å². The van der Waals surface area contributed by atoms with Crippen LogP contribution in [0.1, 0.15) is 29.9 Å². The van der Waals surface area contributed by atoms with Crippen LogP contribution in [0.15, 0.2) is 59.1 Å². The highest BCUT2D eigenvalue weighted by atomic mass is 79.9. The second-order valence-electron chi connectivity index (χ2n) is 5.35. The van der Waals surface area contributed by atoms with Crippen molar-refractivity contribution in [2.75, 3.05) is 0 Å². The Bertz CT molecular complexity index is 624. The van der Waals surface area contributed by atoms with E-state index in [-0.39, 0.29) is 18.0 Å². The van der Waals surface area contributed by atoms with Crippen molar-refractivity contribution in [3.63, 3.8) is 0 Å². The van der Waals surface area contributed by atoms with Gasteiger partial charge in [0.25, 0.3) is 0 Å². The maximum absolute atomic E-state index is 11.8. The number of cyclic esters (lactones) is 1. The van der Waals surface area contributed by atoms with E-state index in [1.807, 2.05) is 30.3 Å². The van der Waals surface area contributed by atoms with Gasteiger partial charge in [-0.2, -0.15) is 0 Å². The van der Waals surface area contributed by atoms with Crippen LogP contribution >= 0.6 is 15.9 Å². The maximum Gasteiger partial charge on any atom is 0.317 e. The molecular formula is C18H17BrO2. The minimum atomic E-state index is -0.114. The molecule has 0 radical (unpaired) electrons. The molecule has 2 nitrogen and oxygen atoms in total. The van der Waals surface area contributed by atoms with E-state index < -0.39 is 0 Å². The molecule has 0 aliphatic carbocycles. The first kappa shape index (κ1) is 14.3. The van der Waals surface area contributed by atoms with Crippen LogP contribution in [-0.2, 0) is 16.0 Å². The first-order valence-electron chi connectivity index (χ1n) is 7.24. The molecule has 0 aromatic heterocycles. The van der Waals surface area contributed by atoms with E-state index in [9.17, 15) is 4.79 Å². The van der Waals surface area contributed by atoms with Gasteiger partial charge in [0.1, 0.15) is 12.0 Å². The molecular weight excluding hydrogens is 328 g/mol. The number of halogens is 1. The van der Waals surface area contributed by atoms with Crippen LogP contribution in [0.5, 0.6) is 0 Å². The molecule has 2 aromatic carbocycles. The van der Waals surface area contributed by atoms with Crippen molar-refractivity contribution in [3.05, 3.63) is 70.2 Å². The number of rotatable bonds is 5. The second-order valence-corrected chi connectivity index (χ2v) is 6.21. The fourth-order valence-corrected chi connectivity index (χ4v) is 3.33. The van der Waals surface area contributed by atoms with E-state index in [0.717, 1.165) is 29.3 Å². The quantitative estimate of drug-likeness (QED) is 0.747. The van der Waals surface area contributed by atoms with Gasteiger partial charge in [-0.25, -0.2) is 0 Å². The molecule has 1 heterocycles. The van der Waals surface area contributed by atoms with E-state index in [1.165, 1.54) is 5.56 Å². The van der Waals surface area contributed by atoms with Gasteiger partial charge in [-0.15, -0.1) is 0 Å². The third kappa shape index (κ3) is 3.18. The fourth-order valence-electron chi connectivity index (χ4n) is 2.80. The fraction of sp³-hybridized carbons (Fsp3) is 0.278. The summed E-state index contributed by atoms with van der Waals surface area (Å²) in [6.45, 7) is 0. The summed E-state index contributed by atoms with van der Waals surface area (Å²) in [7, 11) is 0. The van der Waals surface area contributed by atoms with E-state index in [0.29, 0.717) is 0 Å². The van der Waals surface area contributed by atoms with Crippen molar-refractivity contribution in [2.24, 2.45) is 0 Å². The third-order valence-electron chi connectivity index (χ3n) is 3.93. The highest BCUT2D eigenvalue weighted by Gasteiger charge is 2.43. The molecule has 108 valence electrons. The van der Waals surface area contributed by atoms with Crippen LogP contribution in [0, 0.1) is 0 Å². The van der Waals surface area contributed by atoms with Crippen LogP contribution in [-0.4, -0.2) is 12.1 Å². The Hall–Kier alpha value is -1.61. The minimum absolute atomic E-state index is 0.0138. The maximum atomic E-state index is 11.8. The zero-order valence-corrected chi connectivity index (χ0v) is 13.3. The average molecular weight is 345 g/mol. The van der Waals surface area contributed by atoms with Gasteiger partial charge >= 0.3 is 5.97 Å². The van der Waals surface area contributed by atoms with Crippen molar-refractivity contribution in [3.8, 4) is 0 Å². The van der Waals surface area contributed by atoms with E-state index in [4.69, 9.17) is 4.74 Å². The van der Waals surface area contributed by atoms with Crippen molar-refractivity contribution in [2.45, 2.75) is 31.3 Å². The summed E-state index contributed by atoms with van der Waals surface area (Å²) in [5.74, 6) is -0.219. The lowest BCUT2D eigenvalue weighted by molar-refractivity contribution is -0.175. The van der Waals surface area contributed by atoms with Crippen molar-refractivity contribution < 1.29 is 9.53 Å². The number of esters is 1. The Balaban J connectivity index is 1.59. The van der Waals surface area contributed by atoms with Crippen LogP contribution in [0.4, 0.5) is 0 Å². The first-order valence-corrected chi connectivity index (χ1v) is 8.04. The van der Waals surface area contributed by atoms with Gasteiger partial charge in [-0.05, 0) is 36.5 Å². The molecule has 0 spiro atoms. The Morgan fingerprint density at radius 3 is 2.43 bits per heavy atom. The topological polar surface area (TPSA) is 26.3 Å². The monoisotopic (exact) mass is 344 g/mol. The van der Waals surface area contributed by atoms with Gasteiger partial charge in [-0.3, -0.25) is 4.79 Å². The normalized spacial score (nSPS) is 20.7. The Morgan fingerprint density at radius 2 is 1.71 bits per heavy atom. The molecule has 2 unspecified atom stereocenters. The van der Waals surface area contributed by atoms with Gasteiger partial charge in [0.2, 0.25) is 0 Å². The lowest BCUT2D eigenvalue weighted by atomic mass is 9.86. The lowest BCUT2D eigenvalue weighted by Crippen LogP contribution is -2.43. The molecule has 1 fully saturated rings. The number of hydrogen-bond donors (Lipinski definition) is 0. The van der Waals surface area contributed by atoms with Gasteiger partial charge in [0, 0.05) is 4.47 Å². The Kier molecular flexibility index (Phi) is 4.39. The number of benzene rings is 2. The Morgan fingerprint density at radius 1 is 1.00 bits per heavy atom. The zero-order valence-electron chi connectivity index (χ0n) is 11.7. The van der Waals surface area contributed by atoms with Crippen LogP contribution in [0.3, 0.4) is 0 Å². The van der Waals surface area contributed by atoms with E-state index in [1.54, 1.807) is 0 Å². The molecule has 2 aromatic rings. The first-order chi connectivity index (χ1) is 10.3. The molecule has 1 saturated heterocycles. The number of aryl methyl sites for hydroxylation is 1. The molecule has 1 aliphatic heterocycles. The minimum Gasteiger partial charge on any atom is -0.461 e. The summed E-state index contributed by atoms with van der Waals surface area (Å²) in [6.07, 6.45) is 2.98. The molecule has 21 heavy (non-hydrogen) atoms. The SMILES string of the molecule is O=C1OC(CCCc2ccccc2)C1c1ccccc1Br. The summed E-state index contributed by atoms with van der Waals surface area (Å²) in [4.78, 5) is 11.8. The molecule has 0 amide bonds.